The number of aliphatic hydroxyl groups excluding tert-OH is 1. The molecule has 6 aromatic heterocycles. The van der Waals surface area contributed by atoms with E-state index in [9.17, 15) is 9.59 Å². The van der Waals surface area contributed by atoms with Crippen molar-refractivity contribution in [3.63, 3.8) is 0 Å². The quantitative estimate of drug-likeness (QED) is 0.198. The van der Waals surface area contributed by atoms with Crippen molar-refractivity contribution < 1.29 is 34.2 Å². The van der Waals surface area contributed by atoms with Gasteiger partial charge < -0.3 is 5.11 Å². The third-order valence-electron chi connectivity index (χ3n) is 5.72. The average Bonchev–Trinajstić information content (AvgIpc) is 3.41. The maximum atomic E-state index is 10.2. The Kier molecular flexibility index (Phi) is 14.4. The van der Waals surface area contributed by atoms with E-state index >= 15 is 0 Å². The SMILES string of the molecule is O=C1CC(O)C(=O)N1.[Ru].c1ccc(-c2ccccn2)nc1.c1ccc(-c2ccccn2)nc1.c1ccc(-c2ccccn2)nc1. The third-order valence-corrected chi connectivity index (χ3v) is 5.72. The van der Waals surface area contributed by atoms with Crippen molar-refractivity contribution in [3.8, 4) is 34.2 Å². The number of amides is 2. The Balaban J connectivity index is 0.000000164. The molecule has 7 rings (SSSR count). The number of pyridine rings is 6. The predicted octanol–water partition coefficient (Wildman–Crippen LogP) is 4.82. The zero-order valence-corrected chi connectivity index (χ0v) is 25.7. The van der Waals surface area contributed by atoms with Gasteiger partial charge in [-0.2, -0.15) is 0 Å². The molecule has 1 saturated heterocycles. The molecule has 0 spiro atoms. The Labute approximate surface area is 273 Å². The van der Waals surface area contributed by atoms with Crippen molar-refractivity contribution in [2.75, 3.05) is 0 Å². The molecule has 2 N–H and O–H groups in total. The number of carbonyl (C=O) groups excluding carboxylic acids is 2. The Bertz CT molecular complexity index is 1400. The fourth-order valence-corrected chi connectivity index (χ4v) is 3.63. The van der Waals surface area contributed by atoms with E-state index < -0.39 is 17.9 Å². The molecule has 1 aliphatic rings. The number of rotatable bonds is 3. The fourth-order valence-electron chi connectivity index (χ4n) is 3.63. The van der Waals surface area contributed by atoms with Crippen LogP contribution in [0.1, 0.15) is 6.42 Å². The van der Waals surface area contributed by atoms with Gasteiger partial charge in [0.1, 0.15) is 6.10 Å². The summed E-state index contributed by atoms with van der Waals surface area (Å²) in [6.07, 6.45) is 9.41. The summed E-state index contributed by atoms with van der Waals surface area (Å²) >= 11 is 0. The first-order chi connectivity index (χ1) is 21.6. The first kappa shape index (κ1) is 34.1. The third kappa shape index (κ3) is 11.7. The van der Waals surface area contributed by atoms with E-state index in [1.54, 1.807) is 37.2 Å². The summed E-state index contributed by atoms with van der Waals surface area (Å²) in [4.78, 5) is 45.5. The average molecular weight is 685 g/mol. The van der Waals surface area contributed by atoms with Crippen LogP contribution in [-0.4, -0.2) is 52.9 Å². The van der Waals surface area contributed by atoms with Crippen LogP contribution >= 0.6 is 0 Å². The smallest absolute Gasteiger partial charge is 0.255 e. The monoisotopic (exact) mass is 685 g/mol. The summed E-state index contributed by atoms with van der Waals surface area (Å²) in [7, 11) is 0. The van der Waals surface area contributed by atoms with Crippen molar-refractivity contribution >= 4 is 11.8 Å². The van der Waals surface area contributed by atoms with Gasteiger partial charge in [-0.05, 0) is 72.8 Å². The molecule has 226 valence electrons. The summed E-state index contributed by atoms with van der Waals surface area (Å²) in [5.74, 6) is -0.988. The van der Waals surface area contributed by atoms with Gasteiger partial charge in [0.25, 0.3) is 5.91 Å². The van der Waals surface area contributed by atoms with E-state index in [1.807, 2.05) is 115 Å². The maximum absolute atomic E-state index is 10.2. The van der Waals surface area contributed by atoms with Crippen LogP contribution in [0, 0.1) is 0 Å². The van der Waals surface area contributed by atoms with Crippen LogP contribution in [0.15, 0.2) is 146 Å². The van der Waals surface area contributed by atoms with Crippen molar-refractivity contribution in [1.29, 1.82) is 0 Å². The Hall–Kier alpha value is -5.38. The normalized spacial score (nSPS) is 12.8. The summed E-state index contributed by atoms with van der Waals surface area (Å²) in [5, 5.41) is 10.5. The molecule has 0 aliphatic carbocycles. The zero-order chi connectivity index (χ0) is 30.8. The van der Waals surface area contributed by atoms with E-state index in [2.05, 4.69) is 29.9 Å². The van der Waals surface area contributed by atoms with Gasteiger partial charge in [-0.3, -0.25) is 44.8 Å². The molecule has 1 fully saturated rings. The van der Waals surface area contributed by atoms with Gasteiger partial charge in [0.15, 0.2) is 0 Å². The fraction of sp³-hybridized carbons (Fsp3) is 0.0588. The molecule has 0 bridgehead atoms. The van der Waals surface area contributed by atoms with Crippen molar-refractivity contribution in [3.05, 3.63) is 146 Å². The van der Waals surface area contributed by atoms with Crippen LogP contribution in [0.5, 0.6) is 0 Å². The topological polar surface area (TPSA) is 144 Å². The Morgan fingerprint density at radius 2 is 0.711 bits per heavy atom. The molecule has 0 saturated carbocycles. The van der Waals surface area contributed by atoms with E-state index in [4.69, 9.17) is 5.11 Å². The van der Waals surface area contributed by atoms with Crippen LogP contribution in [0.4, 0.5) is 0 Å². The number of aliphatic hydroxyl groups is 1. The van der Waals surface area contributed by atoms with Gasteiger partial charge in [-0.15, -0.1) is 0 Å². The van der Waals surface area contributed by atoms with Gasteiger partial charge in [0, 0.05) is 56.7 Å². The molecule has 6 aromatic rings. The first-order valence-corrected chi connectivity index (χ1v) is 13.6. The van der Waals surface area contributed by atoms with Gasteiger partial charge >= 0.3 is 0 Å². The van der Waals surface area contributed by atoms with Crippen molar-refractivity contribution in [1.82, 2.24) is 35.2 Å². The minimum absolute atomic E-state index is 0. The molecular weight excluding hydrogens is 655 g/mol. The van der Waals surface area contributed by atoms with Crippen LogP contribution in [0.25, 0.3) is 34.2 Å². The van der Waals surface area contributed by atoms with Crippen LogP contribution in [-0.2, 0) is 29.1 Å². The molecule has 10 nitrogen and oxygen atoms in total. The largest absolute Gasteiger partial charge is 0.383 e. The summed E-state index contributed by atoms with van der Waals surface area (Å²) in [6, 6.07) is 34.8. The van der Waals surface area contributed by atoms with Crippen LogP contribution < -0.4 is 5.32 Å². The van der Waals surface area contributed by atoms with E-state index in [-0.39, 0.29) is 25.9 Å². The molecule has 0 aromatic carbocycles. The zero-order valence-electron chi connectivity index (χ0n) is 23.9. The molecule has 1 atom stereocenters. The van der Waals surface area contributed by atoms with Gasteiger partial charge in [-0.25, -0.2) is 0 Å². The second-order valence-corrected chi connectivity index (χ2v) is 8.92. The second-order valence-electron chi connectivity index (χ2n) is 8.92. The number of hydrogen-bond acceptors (Lipinski definition) is 9. The molecule has 1 unspecified atom stereocenters. The summed E-state index contributed by atoms with van der Waals surface area (Å²) in [6.45, 7) is 0. The van der Waals surface area contributed by atoms with Gasteiger partial charge in [0.05, 0.1) is 40.6 Å². The van der Waals surface area contributed by atoms with Crippen molar-refractivity contribution in [2.45, 2.75) is 12.5 Å². The van der Waals surface area contributed by atoms with Gasteiger partial charge in [0.2, 0.25) is 5.91 Å². The van der Waals surface area contributed by atoms with Crippen molar-refractivity contribution in [2.24, 2.45) is 0 Å². The van der Waals surface area contributed by atoms with Gasteiger partial charge in [-0.1, -0.05) is 36.4 Å². The number of carbonyl (C=O) groups is 2. The Morgan fingerprint density at radius 1 is 0.467 bits per heavy atom. The van der Waals surface area contributed by atoms with E-state index in [0.29, 0.717) is 0 Å². The van der Waals surface area contributed by atoms with E-state index in [0.717, 1.165) is 34.2 Å². The molecule has 7 heterocycles. The van der Waals surface area contributed by atoms with E-state index in [1.165, 1.54) is 0 Å². The Morgan fingerprint density at radius 3 is 0.822 bits per heavy atom. The minimum atomic E-state index is -1.11. The summed E-state index contributed by atoms with van der Waals surface area (Å²) < 4.78 is 0. The van der Waals surface area contributed by atoms with Crippen LogP contribution in [0.3, 0.4) is 0 Å². The maximum Gasteiger partial charge on any atom is 0.255 e. The number of nitrogens with zero attached hydrogens (tertiary/aromatic N) is 6. The molecular formula is C34H29N7O3Ru. The second kappa shape index (κ2) is 19.0. The number of nitrogens with one attached hydrogen (secondary N) is 1. The van der Waals surface area contributed by atoms with Crippen LogP contribution in [0.2, 0.25) is 0 Å². The molecule has 11 heteroatoms. The number of aromatic nitrogens is 6. The predicted molar refractivity (Wildman–Crippen MR) is 166 cm³/mol. The number of imide groups is 1. The molecule has 45 heavy (non-hydrogen) atoms. The first-order valence-electron chi connectivity index (χ1n) is 13.6. The minimum Gasteiger partial charge on any atom is -0.383 e. The standard InChI is InChI=1S/3C10H8N2.C4H5NO3.Ru/c3*1-3-7-11-9(5-1)10-6-2-4-8-12-10;6-2-1-3(7)5-4(2)8;/h3*1-8H;2,6H,1H2,(H,5,7,8);. The molecule has 0 radical (unpaired) electrons. The number of hydrogen-bond donors (Lipinski definition) is 2. The molecule has 1 aliphatic heterocycles. The molecule has 2 amide bonds. The summed E-state index contributed by atoms with van der Waals surface area (Å²) in [5.41, 5.74) is 5.49.